The minimum absolute atomic E-state index is 0.0949. The number of benzene rings is 1. The number of hydrogen-bond acceptors (Lipinski definition) is 5. The Morgan fingerprint density at radius 3 is 2.76 bits per heavy atom. The second-order valence-electron chi connectivity index (χ2n) is 5.48. The Balaban J connectivity index is 1.88. The number of nitrogens with zero attached hydrogens (tertiary/aromatic N) is 1. The van der Waals surface area contributed by atoms with E-state index in [1.54, 1.807) is 23.5 Å². The van der Waals surface area contributed by atoms with E-state index in [0.29, 0.717) is 5.92 Å². The van der Waals surface area contributed by atoms with Crippen molar-refractivity contribution in [3.63, 3.8) is 0 Å². The summed E-state index contributed by atoms with van der Waals surface area (Å²) in [5.41, 5.74) is 2.07. The molecular formula is C16H20N2O2S. The normalized spacial score (nSPS) is 14.5. The van der Waals surface area contributed by atoms with Gasteiger partial charge in [0.25, 0.3) is 0 Å². The fraction of sp³-hybridized carbons (Fsp3) is 0.438. The lowest BCUT2D eigenvalue weighted by Crippen LogP contribution is -2.13. The van der Waals surface area contributed by atoms with Crippen LogP contribution in [0.2, 0.25) is 0 Å². The predicted molar refractivity (Wildman–Crippen MR) is 84.9 cm³/mol. The summed E-state index contributed by atoms with van der Waals surface area (Å²) in [5, 5.41) is 23.4. The number of thiazole rings is 1. The van der Waals surface area contributed by atoms with Crippen LogP contribution in [-0.4, -0.2) is 21.7 Å². The zero-order valence-electron chi connectivity index (χ0n) is 12.1. The van der Waals surface area contributed by atoms with Crippen molar-refractivity contribution >= 4 is 11.3 Å². The van der Waals surface area contributed by atoms with Gasteiger partial charge in [0.1, 0.15) is 5.01 Å². The largest absolute Gasteiger partial charge is 0.504 e. The average molecular weight is 304 g/mol. The molecule has 2 aromatic rings. The van der Waals surface area contributed by atoms with Gasteiger partial charge in [0.05, 0.1) is 5.69 Å². The fourth-order valence-corrected chi connectivity index (χ4v) is 3.44. The van der Waals surface area contributed by atoms with Crippen molar-refractivity contribution in [2.75, 3.05) is 6.54 Å². The van der Waals surface area contributed by atoms with Gasteiger partial charge in [-0.2, -0.15) is 0 Å². The summed E-state index contributed by atoms with van der Waals surface area (Å²) in [6, 6.07) is 4.89. The average Bonchev–Trinajstić information content (AvgIpc) is 3.23. The van der Waals surface area contributed by atoms with Crippen LogP contribution in [0.4, 0.5) is 0 Å². The lowest BCUT2D eigenvalue weighted by molar-refractivity contribution is 0.404. The minimum atomic E-state index is -0.0960. The molecule has 4 nitrogen and oxygen atoms in total. The van der Waals surface area contributed by atoms with Crippen LogP contribution < -0.4 is 5.32 Å². The third-order valence-corrected chi connectivity index (χ3v) is 4.75. The van der Waals surface area contributed by atoms with Crippen LogP contribution in [0, 0.1) is 0 Å². The van der Waals surface area contributed by atoms with E-state index in [-0.39, 0.29) is 11.5 Å². The Bertz CT molecular complexity index is 635. The van der Waals surface area contributed by atoms with E-state index in [4.69, 9.17) is 4.98 Å². The van der Waals surface area contributed by atoms with Crippen molar-refractivity contribution in [1.82, 2.24) is 10.3 Å². The number of phenols is 2. The Hall–Kier alpha value is -1.59. The molecule has 0 aliphatic heterocycles. The first-order valence-corrected chi connectivity index (χ1v) is 8.23. The summed E-state index contributed by atoms with van der Waals surface area (Å²) >= 11 is 1.68. The third kappa shape index (κ3) is 3.19. The molecule has 0 saturated heterocycles. The molecular weight excluding hydrogens is 284 g/mol. The van der Waals surface area contributed by atoms with Gasteiger partial charge in [0, 0.05) is 22.9 Å². The highest BCUT2D eigenvalue weighted by Gasteiger charge is 2.29. The second kappa shape index (κ2) is 6.03. The molecule has 1 aromatic carbocycles. The fourth-order valence-electron chi connectivity index (χ4n) is 2.32. The zero-order chi connectivity index (χ0) is 14.8. The van der Waals surface area contributed by atoms with Gasteiger partial charge in [-0.1, -0.05) is 6.92 Å². The van der Waals surface area contributed by atoms with Crippen molar-refractivity contribution in [3.05, 3.63) is 28.8 Å². The van der Waals surface area contributed by atoms with Crippen molar-refractivity contribution in [2.24, 2.45) is 0 Å². The molecule has 3 N–H and O–H groups in total. The van der Waals surface area contributed by atoms with E-state index in [2.05, 4.69) is 12.2 Å². The zero-order valence-corrected chi connectivity index (χ0v) is 12.9. The van der Waals surface area contributed by atoms with Crippen LogP contribution in [-0.2, 0) is 6.54 Å². The molecule has 0 unspecified atom stereocenters. The van der Waals surface area contributed by atoms with Crippen molar-refractivity contribution in [2.45, 2.75) is 38.6 Å². The summed E-state index contributed by atoms with van der Waals surface area (Å²) in [5.74, 6) is 0.419. The first kappa shape index (κ1) is 14.4. The molecule has 112 valence electrons. The van der Waals surface area contributed by atoms with Crippen LogP contribution in [0.25, 0.3) is 10.6 Å². The molecule has 0 bridgehead atoms. The minimum Gasteiger partial charge on any atom is -0.504 e. The molecule has 1 heterocycles. The molecule has 1 aliphatic rings. The Morgan fingerprint density at radius 2 is 2.10 bits per heavy atom. The monoisotopic (exact) mass is 304 g/mol. The molecule has 0 atom stereocenters. The van der Waals surface area contributed by atoms with Crippen molar-refractivity contribution in [1.29, 1.82) is 0 Å². The molecule has 3 rings (SSSR count). The maximum absolute atomic E-state index is 9.65. The predicted octanol–water partition coefficient (Wildman–Crippen LogP) is 3.60. The summed E-state index contributed by atoms with van der Waals surface area (Å²) in [7, 11) is 0. The summed E-state index contributed by atoms with van der Waals surface area (Å²) in [4.78, 5) is 6.08. The number of aromatic hydroxyl groups is 2. The van der Waals surface area contributed by atoms with E-state index in [9.17, 15) is 10.2 Å². The molecule has 1 aromatic heterocycles. The van der Waals surface area contributed by atoms with Crippen molar-refractivity contribution < 1.29 is 10.2 Å². The summed E-state index contributed by atoms with van der Waals surface area (Å²) < 4.78 is 0. The van der Waals surface area contributed by atoms with E-state index in [1.807, 2.05) is 0 Å². The highest BCUT2D eigenvalue weighted by molar-refractivity contribution is 7.15. The number of phenolic OH excluding ortho intramolecular Hbond substituents is 2. The smallest absolute Gasteiger partial charge is 0.158 e. The van der Waals surface area contributed by atoms with Gasteiger partial charge in [-0.25, -0.2) is 4.98 Å². The van der Waals surface area contributed by atoms with Gasteiger partial charge < -0.3 is 15.5 Å². The second-order valence-corrected chi connectivity index (χ2v) is 6.57. The summed E-state index contributed by atoms with van der Waals surface area (Å²) in [6.07, 6.45) is 3.58. The quantitative estimate of drug-likeness (QED) is 0.563. The first-order valence-electron chi connectivity index (χ1n) is 7.41. The molecule has 1 aliphatic carbocycles. The van der Waals surface area contributed by atoms with E-state index >= 15 is 0 Å². The van der Waals surface area contributed by atoms with E-state index in [1.165, 1.54) is 29.5 Å². The van der Waals surface area contributed by atoms with Crippen LogP contribution in [0.1, 0.15) is 42.7 Å². The molecule has 1 saturated carbocycles. The first-order chi connectivity index (χ1) is 10.2. The molecule has 21 heavy (non-hydrogen) atoms. The maximum Gasteiger partial charge on any atom is 0.158 e. The lowest BCUT2D eigenvalue weighted by atomic mass is 10.2. The highest BCUT2D eigenvalue weighted by atomic mass is 32.1. The molecule has 5 heteroatoms. The van der Waals surface area contributed by atoms with Gasteiger partial charge >= 0.3 is 0 Å². The molecule has 0 spiro atoms. The van der Waals surface area contributed by atoms with Crippen LogP contribution in [0.3, 0.4) is 0 Å². The van der Waals surface area contributed by atoms with Crippen molar-refractivity contribution in [3.8, 4) is 22.1 Å². The van der Waals surface area contributed by atoms with Gasteiger partial charge in [-0.05, 0) is 44.0 Å². The maximum atomic E-state index is 9.65. The number of rotatable bonds is 6. The Morgan fingerprint density at radius 1 is 1.29 bits per heavy atom. The molecule has 0 radical (unpaired) electrons. The third-order valence-electron chi connectivity index (χ3n) is 3.63. The van der Waals surface area contributed by atoms with Gasteiger partial charge in [-0.3, -0.25) is 0 Å². The standard InChI is InChI=1S/C16H20N2O2S/c1-2-7-17-9-14-15(10-3-4-10)18-16(21-14)11-5-6-12(19)13(20)8-11/h5-6,8,10,17,19-20H,2-4,7,9H2,1H3. The molecule has 0 amide bonds. The Labute approximate surface area is 128 Å². The van der Waals surface area contributed by atoms with Crippen LogP contribution in [0.15, 0.2) is 18.2 Å². The highest BCUT2D eigenvalue weighted by Crippen LogP contribution is 2.44. The number of aromatic nitrogens is 1. The van der Waals surface area contributed by atoms with E-state index in [0.717, 1.165) is 30.1 Å². The van der Waals surface area contributed by atoms with Crippen LogP contribution in [0.5, 0.6) is 11.5 Å². The van der Waals surface area contributed by atoms with Crippen LogP contribution >= 0.6 is 11.3 Å². The van der Waals surface area contributed by atoms with Gasteiger partial charge in [0.2, 0.25) is 0 Å². The number of nitrogens with one attached hydrogen (secondary N) is 1. The Kier molecular flexibility index (Phi) is 4.12. The number of hydrogen-bond donors (Lipinski definition) is 3. The molecule has 1 fully saturated rings. The van der Waals surface area contributed by atoms with E-state index < -0.39 is 0 Å². The van der Waals surface area contributed by atoms with Gasteiger partial charge in [-0.15, -0.1) is 11.3 Å². The SMILES string of the molecule is CCCNCc1sc(-c2ccc(O)c(O)c2)nc1C1CC1. The lowest BCUT2D eigenvalue weighted by Gasteiger charge is -2.01. The summed E-state index contributed by atoms with van der Waals surface area (Å²) in [6.45, 7) is 4.03. The van der Waals surface area contributed by atoms with Gasteiger partial charge in [0.15, 0.2) is 11.5 Å². The topological polar surface area (TPSA) is 65.4 Å².